The van der Waals surface area contributed by atoms with Crippen molar-refractivity contribution in [2.24, 2.45) is 0 Å². The highest BCUT2D eigenvalue weighted by Gasteiger charge is 2.36. The van der Waals surface area contributed by atoms with Gasteiger partial charge in [-0.25, -0.2) is 4.85 Å². The van der Waals surface area contributed by atoms with Crippen molar-refractivity contribution < 1.29 is 17.9 Å². The van der Waals surface area contributed by atoms with Gasteiger partial charge in [0.25, 0.3) is 11.2 Å². The van der Waals surface area contributed by atoms with Crippen LogP contribution < -0.4 is 10.3 Å². The number of hydrogen-bond donors (Lipinski definition) is 0. The molecule has 4 rings (SSSR count). The molecule has 0 spiro atoms. The lowest BCUT2D eigenvalue weighted by atomic mass is 10.0. The number of halogens is 4. The molecule has 4 nitrogen and oxygen atoms in total. The number of aromatic nitrogens is 1. The van der Waals surface area contributed by atoms with Gasteiger partial charge in [-0.1, -0.05) is 45.8 Å². The van der Waals surface area contributed by atoms with E-state index in [-0.39, 0.29) is 12.2 Å². The van der Waals surface area contributed by atoms with Gasteiger partial charge in [0.1, 0.15) is 11.5 Å². The molecular weight excluding hydrogens is 533 g/mol. The Balaban J connectivity index is 1.83. The Labute approximate surface area is 214 Å². The molecule has 4 aromatic rings. The molecule has 0 unspecified atom stereocenters. The summed E-state index contributed by atoms with van der Waals surface area (Å²) in [5.41, 5.74) is -0.0174. The van der Waals surface area contributed by atoms with Crippen molar-refractivity contribution in [3.8, 4) is 22.8 Å². The van der Waals surface area contributed by atoms with E-state index in [4.69, 9.17) is 11.3 Å². The van der Waals surface area contributed by atoms with E-state index in [0.717, 1.165) is 27.2 Å². The number of pyridine rings is 1. The van der Waals surface area contributed by atoms with Crippen LogP contribution in [0.15, 0.2) is 82.1 Å². The zero-order valence-electron chi connectivity index (χ0n) is 19.4. The van der Waals surface area contributed by atoms with Crippen LogP contribution >= 0.6 is 15.9 Å². The van der Waals surface area contributed by atoms with Gasteiger partial charge in [-0.15, -0.1) is 0 Å². The minimum Gasteiger partial charge on any atom is -0.457 e. The van der Waals surface area contributed by atoms with Crippen LogP contribution in [0.1, 0.15) is 22.3 Å². The lowest BCUT2D eigenvalue weighted by Crippen LogP contribution is -2.25. The summed E-state index contributed by atoms with van der Waals surface area (Å²) in [5, 5.41) is 0. The van der Waals surface area contributed by atoms with E-state index in [2.05, 4.69) is 20.8 Å². The average molecular weight is 553 g/mol. The second-order valence-corrected chi connectivity index (χ2v) is 9.22. The van der Waals surface area contributed by atoms with E-state index >= 15 is 0 Å². The monoisotopic (exact) mass is 552 g/mol. The van der Waals surface area contributed by atoms with Crippen LogP contribution in [-0.2, 0) is 12.7 Å². The molecule has 3 aromatic carbocycles. The molecule has 0 saturated carbocycles. The number of aryl methyl sites for hydroxylation is 2. The van der Waals surface area contributed by atoms with E-state index in [0.29, 0.717) is 17.1 Å². The molecule has 0 amide bonds. The Morgan fingerprint density at radius 1 is 0.972 bits per heavy atom. The number of rotatable bonds is 5. The van der Waals surface area contributed by atoms with Crippen molar-refractivity contribution in [3.05, 3.63) is 121 Å². The van der Waals surface area contributed by atoms with Crippen molar-refractivity contribution in [2.45, 2.75) is 26.6 Å². The molecule has 8 heteroatoms. The van der Waals surface area contributed by atoms with Crippen LogP contribution in [0.3, 0.4) is 0 Å². The highest BCUT2D eigenvalue weighted by Crippen LogP contribution is 2.37. The smallest absolute Gasteiger partial charge is 0.407 e. The Morgan fingerprint density at radius 2 is 1.69 bits per heavy atom. The van der Waals surface area contributed by atoms with Crippen molar-refractivity contribution in [3.63, 3.8) is 0 Å². The Hall–Kier alpha value is -3.83. The SMILES string of the molecule is [C-]#[N+]c1c(C(F)(F)F)cc(-c2ccc(Oc3cccc(Br)c3)cc2)n(Cc2ccc(C)cc2C)c1=O. The van der Waals surface area contributed by atoms with Gasteiger partial charge >= 0.3 is 6.18 Å². The largest absolute Gasteiger partial charge is 0.457 e. The summed E-state index contributed by atoms with van der Waals surface area (Å²) >= 11 is 3.38. The van der Waals surface area contributed by atoms with Gasteiger partial charge in [-0.2, -0.15) is 13.2 Å². The van der Waals surface area contributed by atoms with Crippen molar-refractivity contribution in [1.29, 1.82) is 0 Å². The van der Waals surface area contributed by atoms with Crippen LogP contribution in [0.25, 0.3) is 16.1 Å². The lowest BCUT2D eigenvalue weighted by Gasteiger charge is -2.19. The molecular formula is C28H20BrF3N2O2. The first-order valence-corrected chi connectivity index (χ1v) is 11.7. The van der Waals surface area contributed by atoms with Crippen LogP contribution in [-0.4, -0.2) is 4.57 Å². The summed E-state index contributed by atoms with van der Waals surface area (Å²) in [6.07, 6.45) is -4.85. The van der Waals surface area contributed by atoms with Crippen molar-refractivity contribution >= 4 is 21.6 Å². The summed E-state index contributed by atoms with van der Waals surface area (Å²) in [6, 6.07) is 20.2. The van der Waals surface area contributed by atoms with E-state index in [1.807, 2.05) is 44.2 Å². The first-order chi connectivity index (χ1) is 17.1. The second-order valence-electron chi connectivity index (χ2n) is 8.31. The molecule has 0 aliphatic rings. The highest BCUT2D eigenvalue weighted by atomic mass is 79.9. The van der Waals surface area contributed by atoms with Crippen molar-refractivity contribution in [2.75, 3.05) is 0 Å². The topological polar surface area (TPSA) is 35.6 Å². The molecule has 1 aromatic heterocycles. The van der Waals surface area contributed by atoms with Gasteiger partial charge in [0.2, 0.25) is 0 Å². The lowest BCUT2D eigenvalue weighted by molar-refractivity contribution is -0.136. The molecule has 36 heavy (non-hydrogen) atoms. The zero-order valence-corrected chi connectivity index (χ0v) is 20.9. The Morgan fingerprint density at radius 3 is 2.31 bits per heavy atom. The van der Waals surface area contributed by atoms with E-state index < -0.39 is 23.0 Å². The molecule has 0 N–H and O–H groups in total. The molecule has 182 valence electrons. The maximum absolute atomic E-state index is 13.8. The highest BCUT2D eigenvalue weighted by molar-refractivity contribution is 9.10. The average Bonchev–Trinajstić information content (AvgIpc) is 2.81. The fourth-order valence-electron chi connectivity index (χ4n) is 3.91. The molecule has 0 saturated heterocycles. The third-order valence-electron chi connectivity index (χ3n) is 5.70. The molecule has 0 fully saturated rings. The first kappa shape index (κ1) is 25.3. The maximum Gasteiger partial charge on any atom is 0.407 e. The van der Waals surface area contributed by atoms with Gasteiger partial charge in [0.15, 0.2) is 0 Å². The number of benzene rings is 3. The van der Waals surface area contributed by atoms with Gasteiger partial charge in [-0.3, -0.25) is 4.79 Å². The number of hydrogen-bond acceptors (Lipinski definition) is 2. The molecule has 0 bridgehead atoms. The summed E-state index contributed by atoms with van der Waals surface area (Å²) < 4.78 is 49.3. The van der Waals surface area contributed by atoms with E-state index in [1.54, 1.807) is 36.4 Å². The van der Waals surface area contributed by atoms with Crippen LogP contribution in [0, 0.1) is 20.4 Å². The summed E-state index contributed by atoms with van der Waals surface area (Å²) in [7, 11) is 0. The summed E-state index contributed by atoms with van der Waals surface area (Å²) in [5.74, 6) is 1.07. The molecule has 0 aliphatic heterocycles. The molecule has 0 aliphatic carbocycles. The first-order valence-electron chi connectivity index (χ1n) is 10.9. The van der Waals surface area contributed by atoms with Crippen molar-refractivity contribution in [1.82, 2.24) is 4.57 Å². The minimum atomic E-state index is -4.85. The predicted octanol–water partition coefficient (Wildman–Crippen LogP) is 8.30. The fourth-order valence-corrected chi connectivity index (χ4v) is 4.29. The molecule has 0 radical (unpaired) electrons. The Kier molecular flexibility index (Phi) is 7.04. The summed E-state index contributed by atoms with van der Waals surface area (Å²) in [6.45, 7) is 11.1. The number of ether oxygens (including phenoxy) is 1. The van der Waals surface area contributed by atoms with Gasteiger partial charge in [-0.05, 0) is 79.1 Å². The van der Waals surface area contributed by atoms with Gasteiger partial charge < -0.3 is 9.30 Å². The van der Waals surface area contributed by atoms with Crippen LogP contribution in [0.2, 0.25) is 0 Å². The summed E-state index contributed by atoms with van der Waals surface area (Å²) in [4.78, 5) is 16.2. The normalized spacial score (nSPS) is 11.2. The molecule has 0 atom stereocenters. The third kappa shape index (κ3) is 5.37. The van der Waals surface area contributed by atoms with Gasteiger partial charge in [0.05, 0.1) is 18.7 Å². The Bertz CT molecular complexity index is 1530. The van der Waals surface area contributed by atoms with Crippen LogP contribution in [0.4, 0.5) is 18.9 Å². The number of alkyl halides is 3. The molecule has 1 heterocycles. The van der Waals surface area contributed by atoms with E-state index in [1.165, 1.54) is 4.57 Å². The predicted molar refractivity (Wildman–Crippen MR) is 137 cm³/mol. The fraction of sp³-hybridized carbons (Fsp3) is 0.143. The maximum atomic E-state index is 13.8. The second kappa shape index (κ2) is 10.0. The standard InChI is InChI=1S/C28H20BrF3N2O2/c1-17-7-8-20(18(2)13-17)16-34-25(15-24(28(30,31)32)26(33-3)27(34)35)19-9-11-22(12-10-19)36-23-6-4-5-21(29)14-23/h4-15H,16H2,1-2H3. The minimum absolute atomic E-state index is 0.0250. The number of nitrogens with zero attached hydrogens (tertiary/aromatic N) is 2. The zero-order chi connectivity index (χ0) is 26.0. The van der Waals surface area contributed by atoms with E-state index in [9.17, 15) is 18.0 Å². The quantitative estimate of drug-likeness (QED) is 0.233. The third-order valence-corrected chi connectivity index (χ3v) is 6.19. The van der Waals surface area contributed by atoms with Gasteiger partial charge in [0, 0.05) is 10.2 Å². The van der Waals surface area contributed by atoms with Crippen LogP contribution in [0.5, 0.6) is 11.5 Å².